The molecule has 16 heavy (non-hydrogen) atoms. The van der Waals surface area contributed by atoms with Gasteiger partial charge in [0, 0.05) is 0 Å². The minimum atomic E-state index is 0.380. The van der Waals surface area contributed by atoms with Gasteiger partial charge in [0.05, 0.1) is 28.4 Å². The molecule has 0 spiro atoms. The molecular formula is C8H7Br2N5O. The summed E-state index contributed by atoms with van der Waals surface area (Å²) in [5, 5.41) is 4.04. The summed E-state index contributed by atoms with van der Waals surface area (Å²) in [6.45, 7) is 0. The fourth-order valence-corrected chi connectivity index (χ4v) is 1.69. The average molecular weight is 349 g/mol. The fourth-order valence-electron chi connectivity index (χ4n) is 1.06. The second-order valence-electron chi connectivity index (χ2n) is 2.83. The largest absolute Gasteiger partial charge is 0.480 e. The van der Waals surface area contributed by atoms with E-state index in [2.05, 4.69) is 46.9 Å². The van der Waals surface area contributed by atoms with Crippen molar-refractivity contribution >= 4 is 37.7 Å². The second-order valence-corrected chi connectivity index (χ2v) is 4.54. The summed E-state index contributed by atoms with van der Waals surface area (Å²) in [6.07, 6.45) is 3.27. The van der Waals surface area contributed by atoms with E-state index in [4.69, 9.17) is 10.5 Å². The number of ether oxygens (including phenoxy) is 1. The highest BCUT2D eigenvalue weighted by Crippen LogP contribution is 2.23. The molecule has 8 heteroatoms. The Morgan fingerprint density at radius 1 is 1.38 bits per heavy atom. The molecule has 0 aromatic carbocycles. The Bertz CT molecular complexity index is 508. The predicted octanol–water partition coefficient (Wildman–Crippen LogP) is 1.78. The number of anilines is 1. The monoisotopic (exact) mass is 347 g/mol. The van der Waals surface area contributed by atoms with E-state index in [0.29, 0.717) is 26.6 Å². The molecule has 0 aliphatic carbocycles. The van der Waals surface area contributed by atoms with E-state index in [1.54, 1.807) is 12.4 Å². The molecule has 84 valence electrons. The van der Waals surface area contributed by atoms with E-state index in [1.807, 2.05) is 0 Å². The Balaban J connectivity index is 2.48. The maximum absolute atomic E-state index is 5.60. The number of rotatable bonds is 2. The number of methoxy groups -OCH3 is 1. The maximum atomic E-state index is 5.60. The van der Waals surface area contributed by atoms with Crippen LogP contribution < -0.4 is 10.5 Å². The van der Waals surface area contributed by atoms with Crippen LogP contribution in [0.3, 0.4) is 0 Å². The van der Waals surface area contributed by atoms with Crippen molar-refractivity contribution in [1.29, 1.82) is 0 Å². The summed E-state index contributed by atoms with van der Waals surface area (Å²) >= 11 is 6.53. The highest BCUT2D eigenvalue weighted by atomic mass is 79.9. The summed E-state index contributed by atoms with van der Waals surface area (Å²) in [7, 11) is 1.53. The van der Waals surface area contributed by atoms with E-state index in [1.165, 1.54) is 11.8 Å². The van der Waals surface area contributed by atoms with Crippen molar-refractivity contribution in [3.63, 3.8) is 0 Å². The zero-order valence-electron chi connectivity index (χ0n) is 8.19. The van der Waals surface area contributed by atoms with Gasteiger partial charge < -0.3 is 10.5 Å². The molecule has 0 bridgehead atoms. The third kappa shape index (κ3) is 2.03. The number of nitrogen functional groups attached to an aromatic ring is 1. The van der Waals surface area contributed by atoms with E-state index in [9.17, 15) is 0 Å². The number of hydrogen-bond donors (Lipinski definition) is 1. The molecule has 2 aromatic heterocycles. The zero-order valence-corrected chi connectivity index (χ0v) is 11.4. The predicted molar refractivity (Wildman–Crippen MR) is 65.5 cm³/mol. The van der Waals surface area contributed by atoms with Gasteiger partial charge in [0.2, 0.25) is 5.88 Å². The first-order valence-corrected chi connectivity index (χ1v) is 5.78. The molecule has 2 N–H and O–H groups in total. The van der Waals surface area contributed by atoms with Gasteiger partial charge in [-0.05, 0) is 31.9 Å². The molecule has 0 amide bonds. The van der Waals surface area contributed by atoms with Gasteiger partial charge in [-0.1, -0.05) is 0 Å². The van der Waals surface area contributed by atoms with Gasteiger partial charge in [-0.2, -0.15) is 4.98 Å². The van der Waals surface area contributed by atoms with Crippen LogP contribution in [0.1, 0.15) is 0 Å². The topological polar surface area (TPSA) is 78.9 Å². The number of nitrogens with two attached hydrogens (primary N) is 1. The molecule has 2 aromatic rings. The third-order valence-electron chi connectivity index (χ3n) is 1.79. The lowest BCUT2D eigenvalue weighted by atomic mass is 10.6. The van der Waals surface area contributed by atoms with Crippen molar-refractivity contribution in [2.24, 2.45) is 0 Å². The molecule has 0 unspecified atom stereocenters. The number of nitrogens with zero attached hydrogens (tertiary/aromatic N) is 4. The first-order chi connectivity index (χ1) is 7.61. The zero-order chi connectivity index (χ0) is 11.7. The van der Waals surface area contributed by atoms with Crippen LogP contribution in [0.25, 0.3) is 5.95 Å². The molecule has 0 aliphatic heterocycles. The highest BCUT2D eigenvalue weighted by Gasteiger charge is 2.09. The van der Waals surface area contributed by atoms with Crippen LogP contribution in [0.4, 0.5) is 5.82 Å². The fraction of sp³-hybridized carbons (Fsp3) is 0.125. The molecular weight excluding hydrogens is 342 g/mol. The molecule has 0 radical (unpaired) electrons. The number of halogens is 2. The second kappa shape index (κ2) is 4.38. The lowest BCUT2D eigenvalue weighted by Crippen LogP contribution is -2.03. The first-order valence-electron chi connectivity index (χ1n) is 4.19. The van der Waals surface area contributed by atoms with Crippen molar-refractivity contribution in [3.8, 4) is 11.8 Å². The van der Waals surface area contributed by atoms with Crippen molar-refractivity contribution in [2.75, 3.05) is 12.8 Å². The highest BCUT2D eigenvalue weighted by molar-refractivity contribution is 9.11. The first kappa shape index (κ1) is 11.3. The van der Waals surface area contributed by atoms with Crippen LogP contribution >= 0.6 is 31.9 Å². The van der Waals surface area contributed by atoms with Crippen molar-refractivity contribution in [3.05, 3.63) is 21.3 Å². The van der Waals surface area contributed by atoms with Gasteiger partial charge in [-0.15, -0.1) is 5.10 Å². The van der Waals surface area contributed by atoms with E-state index in [0.717, 1.165) is 0 Å². The Kier molecular flexibility index (Phi) is 3.10. The van der Waals surface area contributed by atoms with Gasteiger partial charge in [0.15, 0.2) is 5.82 Å². The molecule has 6 nitrogen and oxygen atoms in total. The third-order valence-corrected chi connectivity index (χ3v) is 2.95. The van der Waals surface area contributed by atoms with Gasteiger partial charge in [0.1, 0.15) is 0 Å². The molecule has 0 fully saturated rings. The van der Waals surface area contributed by atoms with E-state index in [-0.39, 0.29) is 0 Å². The van der Waals surface area contributed by atoms with E-state index >= 15 is 0 Å². The van der Waals surface area contributed by atoms with Gasteiger partial charge >= 0.3 is 0 Å². The van der Waals surface area contributed by atoms with Crippen LogP contribution in [-0.2, 0) is 0 Å². The van der Waals surface area contributed by atoms with E-state index < -0.39 is 0 Å². The summed E-state index contributed by atoms with van der Waals surface area (Å²) in [5.41, 5.74) is 5.60. The Hall–Kier alpha value is -1.15. The van der Waals surface area contributed by atoms with Crippen LogP contribution in [0.2, 0.25) is 0 Å². The minimum absolute atomic E-state index is 0.380. The number of aromatic nitrogens is 4. The van der Waals surface area contributed by atoms with Crippen LogP contribution in [0.5, 0.6) is 5.88 Å². The quantitative estimate of drug-likeness (QED) is 0.894. The minimum Gasteiger partial charge on any atom is -0.480 e. The van der Waals surface area contributed by atoms with Crippen molar-refractivity contribution in [1.82, 2.24) is 19.7 Å². The summed E-state index contributed by atoms with van der Waals surface area (Å²) in [6, 6.07) is 0. The average Bonchev–Trinajstić information content (AvgIpc) is 2.60. The van der Waals surface area contributed by atoms with Gasteiger partial charge in [-0.3, -0.25) is 0 Å². The maximum Gasteiger partial charge on any atom is 0.253 e. The van der Waals surface area contributed by atoms with Crippen LogP contribution in [-0.4, -0.2) is 26.9 Å². The lowest BCUT2D eigenvalue weighted by molar-refractivity contribution is 0.392. The molecule has 0 saturated carbocycles. The van der Waals surface area contributed by atoms with Crippen LogP contribution in [0, 0.1) is 0 Å². The Labute approximate surface area is 108 Å². The van der Waals surface area contributed by atoms with Gasteiger partial charge in [0.25, 0.3) is 5.95 Å². The van der Waals surface area contributed by atoms with Crippen molar-refractivity contribution < 1.29 is 4.74 Å². The summed E-state index contributed by atoms with van der Waals surface area (Å²) in [5.74, 6) is 1.21. The summed E-state index contributed by atoms with van der Waals surface area (Å²) in [4.78, 5) is 8.26. The SMILES string of the molecule is COc1nc(-n2cc(Br)c(N)n2)ncc1Br. The molecule has 0 aliphatic rings. The van der Waals surface area contributed by atoms with Crippen LogP contribution in [0.15, 0.2) is 21.3 Å². The molecule has 0 saturated heterocycles. The molecule has 2 heterocycles. The lowest BCUT2D eigenvalue weighted by Gasteiger charge is -2.03. The smallest absolute Gasteiger partial charge is 0.253 e. The Morgan fingerprint density at radius 2 is 2.12 bits per heavy atom. The normalized spacial score (nSPS) is 10.4. The molecule has 2 rings (SSSR count). The standard InChI is InChI=1S/C8H7Br2N5O/c1-16-7-4(9)2-12-8(13-7)15-3-5(10)6(11)14-15/h2-3H,1H3,(H2,11,14). The molecule has 0 atom stereocenters. The van der Waals surface area contributed by atoms with Gasteiger partial charge in [-0.25, -0.2) is 9.67 Å². The summed E-state index contributed by atoms with van der Waals surface area (Å²) < 4.78 is 7.90. The van der Waals surface area contributed by atoms with Crippen molar-refractivity contribution in [2.45, 2.75) is 0 Å². The Morgan fingerprint density at radius 3 is 2.69 bits per heavy atom. The number of hydrogen-bond acceptors (Lipinski definition) is 5.